The van der Waals surface area contributed by atoms with Gasteiger partial charge in [-0.2, -0.15) is 9.49 Å². The van der Waals surface area contributed by atoms with Crippen molar-refractivity contribution < 1.29 is 9.18 Å². The molecule has 1 N–H and O–H groups in total. The van der Waals surface area contributed by atoms with E-state index in [0.29, 0.717) is 35.3 Å². The molecule has 3 aromatic rings. The third-order valence-corrected chi connectivity index (χ3v) is 4.63. The van der Waals surface area contributed by atoms with Gasteiger partial charge in [0, 0.05) is 43.3 Å². The van der Waals surface area contributed by atoms with Crippen LogP contribution < -0.4 is 0 Å². The van der Waals surface area contributed by atoms with Crippen LogP contribution in [0.4, 0.5) is 4.39 Å². The van der Waals surface area contributed by atoms with Crippen LogP contribution in [0.2, 0.25) is 0 Å². The first-order valence-electron chi connectivity index (χ1n) is 8.20. The zero-order chi connectivity index (χ0) is 17.4. The summed E-state index contributed by atoms with van der Waals surface area (Å²) in [4.78, 5) is 20.5. The highest BCUT2D eigenvalue weighted by molar-refractivity contribution is 6.05. The highest BCUT2D eigenvalue weighted by atomic mass is 19.1. The van der Waals surface area contributed by atoms with E-state index in [1.54, 1.807) is 24.3 Å². The average Bonchev–Trinajstić information content (AvgIpc) is 3.05. The minimum Gasteiger partial charge on any atom is -0.335 e. The Bertz CT molecular complexity index is 930. The standard InChI is InChI=1S/C18H18FN5O/c1-23-7-9-24(10-8-23)18(25)16-14-11-12(4-5-15(14)21-22-16)13-3-2-6-20-17(13)19/h2-6,11H,7-10H2,1H3,(H,21,22). The molecule has 6 nitrogen and oxygen atoms in total. The Morgan fingerprint density at radius 1 is 1.20 bits per heavy atom. The summed E-state index contributed by atoms with van der Waals surface area (Å²) in [5.74, 6) is -0.625. The highest BCUT2D eigenvalue weighted by Gasteiger charge is 2.24. The molecule has 1 aromatic carbocycles. The summed E-state index contributed by atoms with van der Waals surface area (Å²) in [6, 6.07) is 8.76. The molecule has 0 unspecified atom stereocenters. The lowest BCUT2D eigenvalue weighted by Gasteiger charge is -2.32. The number of piperazine rings is 1. The fourth-order valence-electron chi connectivity index (χ4n) is 3.11. The maximum Gasteiger partial charge on any atom is 0.275 e. The summed E-state index contributed by atoms with van der Waals surface area (Å²) in [7, 11) is 2.04. The lowest BCUT2D eigenvalue weighted by atomic mass is 10.0. The molecule has 25 heavy (non-hydrogen) atoms. The lowest BCUT2D eigenvalue weighted by Crippen LogP contribution is -2.47. The molecular formula is C18H18FN5O. The van der Waals surface area contributed by atoms with E-state index in [-0.39, 0.29) is 5.91 Å². The second-order valence-electron chi connectivity index (χ2n) is 6.27. The molecule has 0 aliphatic carbocycles. The van der Waals surface area contributed by atoms with Crippen LogP contribution in [0, 0.1) is 5.95 Å². The summed E-state index contributed by atoms with van der Waals surface area (Å²) < 4.78 is 14.0. The molecule has 3 heterocycles. The van der Waals surface area contributed by atoms with Gasteiger partial charge >= 0.3 is 0 Å². The van der Waals surface area contributed by atoms with Gasteiger partial charge in [-0.05, 0) is 36.9 Å². The summed E-state index contributed by atoms with van der Waals surface area (Å²) in [6.45, 7) is 3.06. The van der Waals surface area contributed by atoms with Gasteiger partial charge in [-0.3, -0.25) is 9.89 Å². The van der Waals surface area contributed by atoms with Gasteiger partial charge in [-0.1, -0.05) is 6.07 Å². The van der Waals surface area contributed by atoms with Gasteiger partial charge in [0.2, 0.25) is 5.95 Å². The minimum atomic E-state index is -0.530. The second kappa shape index (κ2) is 6.25. The van der Waals surface area contributed by atoms with E-state index >= 15 is 0 Å². The first kappa shape index (κ1) is 15.7. The number of likely N-dealkylation sites (N-methyl/N-ethyl adjacent to an activating group) is 1. The molecule has 0 saturated carbocycles. The maximum absolute atomic E-state index is 14.0. The average molecular weight is 339 g/mol. The van der Waals surface area contributed by atoms with Crippen molar-refractivity contribution in [3.63, 3.8) is 0 Å². The first-order chi connectivity index (χ1) is 12.1. The Hall–Kier alpha value is -2.80. The molecule has 4 rings (SSSR count). The number of amides is 1. The van der Waals surface area contributed by atoms with Gasteiger partial charge in [0.15, 0.2) is 5.69 Å². The Balaban J connectivity index is 1.72. The molecule has 0 atom stereocenters. The summed E-state index contributed by atoms with van der Waals surface area (Å²) >= 11 is 0. The van der Waals surface area contributed by atoms with Crippen LogP contribution in [0.5, 0.6) is 0 Å². The van der Waals surface area contributed by atoms with Crippen LogP contribution in [-0.4, -0.2) is 64.1 Å². The van der Waals surface area contributed by atoms with E-state index in [0.717, 1.165) is 18.6 Å². The van der Waals surface area contributed by atoms with Crippen molar-refractivity contribution in [3.05, 3.63) is 48.2 Å². The predicted molar refractivity (Wildman–Crippen MR) is 92.7 cm³/mol. The fraction of sp³-hybridized carbons (Fsp3) is 0.278. The zero-order valence-electron chi connectivity index (χ0n) is 13.9. The normalized spacial score (nSPS) is 15.7. The molecular weight excluding hydrogens is 321 g/mol. The molecule has 1 aliphatic rings. The quantitative estimate of drug-likeness (QED) is 0.727. The van der Waals surface area contributed by atoms with E-state index in [1.807, 2.05) is 18.0 Å². The second-order valence-corrected chi connectivity index (χ2v) is 6.27. The maximum atomic E-state index is 14.0. The predicted octanol–water partition coefficient (Wildman–Crippen LogP) is 2.15. The topological polar surface area (TPSA) is 65.1 Å². The number of nitrogens with zero attached hydrogens (tertiary/aromatic N) is 4. The van der Waals surface area contributed by atoms with E-state index in [9.17, 15) is 9.18 Å². The smallest absolute Gasteiger partial charge is 0.275 e. The third-order valence-electron chi connectivity index (χ3n) is 4.63. The number of rotatable bonds is 2. The van der Waals surface area contributed by atoms with Crippen LogP contribution in [0.15, 0.2) is 36.5 Å². The number of fused-ring (bicyclic) bond motifs is 1. The van der Waals surface area contributed by atoms with Gasteiger partial charge in [0.05, 0.1) is 5.52 Å². The molecule has 1 aliphatic heterocycles. The number of hydrogen-bond donors (Lipinski definition) is 1. The Kier molecular flexibility index (Phi) is 3.93. The molecule has 1 amide bonds. The third kappa shape index (κ3) is 2.87. The molecule has 1 saturated heterocycles. The molecule has 0 radical (unpaired) electrons. The Morgan fingerprint density at radius 2 is 2.00 bits per heavy atom. The van der Waals surface area contributed by atoms with E-state index in [4.69, 9.17) is 0 Å². The summed E-state index contributed by atoms with van der Waals surface area (Å²) in [5, 5.41) is 7.80. The lowest BCUT2D eigenvalue weighted by molar-refractivity contribution is 0.0660. The van der Waals surface area contributed by atoms with Gasteiger partial charge in [-0.15, -0.1) is 0 Å². The van der Waals surface area contributed by atoms with Crippen molar-refractivity contribution in [2.45, 2.75) is 0 Å². The van der Waals surface area contributed by atoms with Gasteiger partial charge < -0.3 is 9.80 Å². The van der Waals surface area contributed by atoms with E-state index < -0.39 is 5.95 Å². The molecule has 2 aromatic heterocycles. The number of halogens is 1. The number of hydrogen-bond acceptors (Lipinski definition) is 4. The number of pyridine rings is 1. The van der Waals surface area contributed by atoms with Crippen LogP contribution in [-0.2, 0) is 0 Å². The number of nitrogens with one attached hydrogen (secondary N) is 1. The van der Waals surface area contributed by atoms with Gasteiger partial charge in [0.25, 0.3) is 5.91 Å². The fourth-order valence-corrected chi connectivity index (χ4v) is 3.11. The van der Waals surface area contributed by atoms with E-state index in [1.165, 1.54) is 6.20 Å². The number of carbonyl (C=O) groups is 1. The molecule has 0 spiro atoms. The van der Waals surface area contributed by atoms with Crippen molar-refractivity contribution >= 4 is 16.8 Å². The minimum absolute atomic E-state index is 0.0943. The Morgan fingerprint density at radius 3 is 2.76 bits per heavy atom. The van der Waals surface area contributed by atoms with Crippen molar-refractivity contribution in [2.75, 3.05) is 33.2 Å². The van der Waals surface area contributed by atoms with Crippen LogP contribution in [0.1, 0.15) is 10.5 Å². The van der Waals surface area contributed by atoms with Crippen LogP contribution in [0.3, 0.4) is 0 Å². The van der Waals surface area contributed by atoms with Crippen molar-refractivity contribution in [1.29, 1.82) is 0 Å². The number of carbonyl (C=O) groups excluding carboxylic acids is 1. The monoisotopic (exact) mass is 339 g/mol. The summed E-state index contributed by atoms with van der Waals surface area (Å²) in [5.41, 5.74) is 2.21. The van der Waals surface area contributed by atoms with Crippen molar-refractivity contribution in [1.82, 2.24) is 25.0 Å². The highest BCUT2D eigenvalue weighted by Crippen LogP contribution is 2.27. The van der Waals surface area contributed by atoms with E-state index in [2.05, 4.69) is 20.1 Å². The van der Waals surface area contributed by atoms with Crippen LogP contribution >= 0.6 is 0 Å². The Labute approximate surface area is 144 Å². The molecule has 128 valence electrons. The van der Waals surface area contributed by atoms with Crippen molar-refractivity contribution in [2.24, 2.45) is 0 Å². The van der Waals surface area contributed by atoms with Crippen molar-refractivity contribution in [3.8, 4) is 11.1 Å². The van der Waals surface area contributed by atoms with Gasteiger partial charge in [-0.25, -0.2) is 4.98 Å². The zero-order valence-corrected chi connectivity index (χ0v) is 13.9. The van der Waals surface area contributed by atoms with Crippen LogP contribution in [0.25, 0.3) is 22.0 Å². The molecule has 0 bridgehead atoms. The molecule has 1 fully saturated rings. The largest absolute Gasteiger partial charge is 0.335 e. The number of aromatic nitrogens is 3. The SMILES string of the molecule is CN1CCN(C(=O)c2n[nH]c3ccc(-c4cccnc4F)cc23)CC1. The number of H-pyrrole nitrogens is 1. The number of benzene rings is 1. The first-order valence-corrected chi connectivity index (χ1v) is 8.20. The summed E-state index contributed by atoms with van der Waals surface area (Å²) in [6.07, 6.45) is 1.41. The molecule has 7 heteroatoms. The van der Waals surface area contributed by atoms with Gasteiger partial charge in [0.1, 0.15) is 0 Å². The number of aromatic amines is 1.